The summed E-state index contributed by atoms with van der Waals surface area (Å²) < 4.78 is 5.47. The summed E-state index contributed by atoms with van der Waals surface area (Å²) in [5.74, 6) is 1.80. The molecule has 8 aromatic heterocycles. The molecule has 0 unspecified atom stereocenters. The Labute approximate surface area is 551 Å². The van der Waals surface area contributed by atoms with Gasteiger partial charge in [0.25, 0.3) is 0 Å². The SMILES string of the molecule is Brc1cc(-c2cccnc2)cc(-c2nc3ccccc3n2-c2ccccc2)c1.OB(O)c1cc(-c2cccnc2)cc(-c2cccnc2)c1.c1ccc(-n2c(-c3cc(-c4cccnc4)cc(-c4cc(-c5cccnc5)cc(-c5cccnc5)c4)c3)nc3ccccc32)cc1. The van der Waals surface area contributed by atoms with Crippen LogP contribution in [0.5, 0.6) is 0 Å². The molecular weight excluding hydrogens is 1220 g/mol. The predicted octanol–water partition coefficient (Wildman–Crippen LogP) is 17.6. The molecule has 0 aliphatic heterocycles. The number of pyridine rings is 6. The summed E-state index contributed by atoms with van der Waals surface area (Å²) in [6.45, 7) is 0. The Morgan fingerprint density at radius 2 is 0.532 bits per heavy atom. The van der Waals surface area contributed by atoms with Gasteiger partial charge in [-0.2, -0.15) is 0 Å². The smallest absolute Gasteiger partial charge is 0.423 e. The number of rotatable bonds is 12. The minimum Gasteiger partial charge on any atom is -0.423 e. The van der Waals surface area contributed by atoms with Crippen LogP contribution in [0.15, 0.2) is 334 Å². The Morgan fingerprint density at radius 3 is 0.851 bits per heavy atom. The number of nitrogens with zero attached hydrogens (tertiary/aromatic N) is 10. The number of hydrogen-bond donors (Lipinski definition) is 2. The second kappa shape index (κ2) is 27.7. The zero-order valence-corrected chi connectivity index (χ0v) is 52.1. The van der Waals surface area contributed by atoms with Crippen LogP contribution in [0.4, 0.5) is 0 Å². The Bertz CT molecular complexity index is 5110. The van der Waals surface area contributed by atoms with Crippen molar-refractivity contribution in [2.75, 3.05) is 0 Å². The molecule has 0 atom stereocenters. The number of aromatic nitrogens is 10. The number of hydrogen-bond acceptors (Lipinski definition) is 10. The van der Waals surface area contributed by atoms with Gasteiger partial charge in [-0.25, -0.2) is 9.97 Å². The highest BCUT2D eigenvalue weighted by molar-refractivity contribution is 9.10. The van der Waals surface area contributed by atoms with Crippen LogP contribution in [0.1, 0.15) is 0 Å². The van der Waals surface area contributed by atoms with Crippen LogP contribution in [0, 0.1) is 0 Å². The van der Waals surface area contributed by atoms with Gasteiger partial charge in [-0.15, -0.1) is 0 Å². The number of para-hydroxylation sites is 6. The van der Waals surface area contributed by atoms with Crippen molar-refractivity contribution in [2.45, 2.75) is 0 Å². The molecule has 12 nitrogen and oxygen atoms in total. The first-order chi connectivity index (χ1) is 46.3. The molecule has 94 heavy (non-hydrogen) atoms. The van der Waals surface area contributed by atoms with Crippen molar-refractivity contribution in [1.29, 1.82) is 0 Å². The fourth-order valence-corrected chi connectivity index (χ4v) is 12.0. The van der Waals surface area contributed by atoms with Crippen molar-refractivity contribution in [2.24, 2.45) is 0 Å². The molecule has 0 saturated carbocycles. The average Bonchev–Trinajstić information content (AvgIpc) is 1.60. The van der Waals surface area contributed by atoms with E-state index >= 15 is 0 Å². The van der Waals surface area contributed by atoms with Crippen molar-refractivity contribution >= 4 is 50.6 Å². The molecule has 448 valence electrons. The average molecular weight is 1280 g/mol. The molecular formula is C80H56BBrN10O2. The largest absolute Gasteiger partial charge is 0.488 e. The second-order valence-electron chi connectivity index (χ2n) is 22.2. The van der Waals surface area contributed by atoms with Gasteiger partial charge in [0.2, 0.25) is 0 Å². The maximum absolute atomic E-state index is 9.49. The molecule has 2 N–H and O–H groups in total. The Morgan fingerprint density at radius 1 is 0.266 bits per heavy atom. The van der Waals surface area contributed by atoms with Gasteiger partial charge in [0, 0.05) is 124 Å². The quantitative estimate of drug-likeness (QED) is 0.113. The normalized spacial score (nSPS) is 10.9. The summed E-state index contributed by atoms with van der Waals surface area (Å²) in [6, 6.07) is 86.4. The number of fused-ring (bicyclic) bond motifs is 2. The van der Waals surface area contributed by atoms with Crippen LogP contribution >= 0.6 is 15.9 Å². The van der Waals surface area contributed by atoms with Crippen LogP contribution < -0.4 is 5.46 Å². The van der Waals surface area contributed by atoms with Crippen molar-refractivity contribution in [3.8, 4) is 112 Å². The zero-order chi connectivity index (χ0) is 63.6. The maximum Gasteiger partial charge on any atom is 0.488 e. The van der Waals surface area contributed by atoms with Crippen LogP contribution in [0.2, 0.25) is 0 Å². The van der Waals surface area contributed by atoms with E-state index in [0.717, 1.165) is 139 Å². The molecule has 0 aliphatic rings. The lowest BCUT2D eigenvalue weighted by Crippen LogP contribution is -2.29. The third kappa shape index (κ3) is 13.3. The number of imidazole rings is 2. The molecule has 0 fully saturated rings. The van der Waals surface area contributed by atoms with E-state index in [9.17, 15) is 10.0 Å². The van der Waals surface area contributed by atoms with Gasteiger partial charge in [-0.05, 0) is 207 Å². The summed E-state index contributed by atoms with van der Waals surface area (Å²) >= 11 is 3.67. The van der Waals surface area contributed by atoms with E-state index in [1.165, 1.54) is 0 Å². The Balaban J connectivity index is 0.000000133. The maximum atomic E-state index is 9.49. The number of benzene rings is 8. The van der Waals surface area contributed by atoms with E-state index in [2.05, 4.69) is 219 Å². The third-order valence-electron chi connectivity index (χ3n) is 16.0. The van der Waals surface area contributed by atoms with E-state index in [4.69, 9.17) is 9.97 Å². The van der Waals surface area contributed by atoms with Crippen LogP contribution in [-0.4, -0.2) is 66.2 Å². The Hall–Kier alpha value is -11.9. The van der Waals surface area contributed by atoms with Gasteiger partial charge in [-0.3, -0.25) is 39.0 Å². The molecule has 16 aromatic rings. The van der Waals surface area contributed by atoms with E-state index in [-0.39, 0.29) is 0 Å². The molecule has 16 rings (SSSR count). The predicted molar refractivity (Wildman–Crippen MR) is 382 cm³/mol. The summed E-state index contributed by atoms with van der Waals surface area (Å²) in [6.07, 6.45) is 21.7. The van der Waals surface area contributed by atoms with Crippen LogP contribution in [0.3, 0.4) is 0 Å². The molecule has 0 bridgehead atoms. The lowest BCUT2D eigenvalue weighted by Gasteiger charge is -2.15. The van der Waals surface area contributed by atoms with Crippen LogP contribution in [-0.2, 0) is 0 Å². The first-order valence-electron chi connectivity index (χ1n) is 30.4. The lowest BCUT2D eigenvalue weighted by atomic mass is 9.77. The Kier molecular flexibility index (Phi) is 17.6. The first kappa shape index (κ1) is 59.7. The number of halogens is 1. The van der Waals surface area contributed by atoms with Gasteiger partial charge in [0.05, 0.1) is 22.1 Å². The van der Waals surface area contributed by atoms with E-state index in [1.54, 1.807) is 61.7 Å². The lowest BCUT2D eigenvalue weighted by molar-refractivity contribution is 0.426. The van der Waals surface area contributed by atoms with Crippen molar-refractivity contribution in [1.82, 2.24) is 49.0 Å². The minimum atomic E-state index is -1.52. The third-order valence-corrected chi connectivity index (χ3v) is 16.4. The van der Waals surface area contributed by atoms with Crippen molar-refractivity contribution in [3.63, 3.8) is 0 Å². The second-order valence-corrected chi connectivity index (χ2v) is 23.1. The fraction of sp³-hybridized carbons (Fsp3) is 0. The van der Waals surface area contributed by atoms with Gasteiger partial charge >= 0.3 is 7.12 Å². The van der Waals surface area contributed by atoms with Gasteiger partial charge in [-0.1, -0.05) is 125 Å². The van der Waals surface area contributed by atoms with Crippen molar-refractivity contribution < 1.29 is 10.0 Å². The highest BCUT2D eigenvalue weighted by Gasteiger charge is 2.20. The monoisotopic (exact) mass is 1280 g/mol. The molecule has 0 saturated heterocycles. The fourth-order valence-electron chi connectivity index (χ4n) is 11.6. The molecule has 8 aromatic carbocycles. The topological polar surface area (TPSA) is 153 Å². The molecule has 0 radical (unpaired) electrons. The zero-order valence-electron chi connectivity index (χ0n) is 50.5. The first-order valence-corrected chi connectivity index (χ1v) is 31.2. The molecule has 14 heteroatoms. The van der Waals surface area contributed by atoms with Gasteiger partial charge in [0.1, 0.15) is 11.6 Å². The molecule has 8 heterocycles. The summed E-state index contributed by atoms with van der Waals surface area (Å²) in [4.78, 5) is 35.9. The summed E-state index contributed by atoms with van der Waals surface area (Å²) in [7, 11) is -1.52. The van der Waals surface area contributed by atoms with E-state index in [0.29, 0.717) is 5.46 Å². The van der Waals surface area contributed by atoms with E-state index in [1.807, 2.05) is 104 Å². The van der Waals surface area contributed by atoms with E-state index < -0.39 is 7.12 Å². The molecule has 0 amide bonds. The molecule has 0 aliphatic carbocycles. The van der Waals surface area contributed by atoms with Gasteiger partial charge < -0.3 is 10.0 Å². The van der Waals surface area contributed by atoms with Gasteiger partial charge in [0.15, 0.2) is 0 Å². The van der Waals surface area contributed by atoms with Crippen molar-refractivity contribution in [3.05, 3.63) is 334 Å². The standard InChI is InChI=1S/C40H27N5.C24H16BrN3.C16H13BN2O2/c1-2-12-37(13-3-1)45-39-15-5-4-14-38(39)44-40(45)36-23-33(30-11-8-18-43-27-30)22-35(24-36)34-20-31(28-9-6-16-41-25-28)19-32(21-34)29-10-7-17-42-26-29;25-20-14-18(17-7-6-12-26-16-17)13-19(15-20)24-27-22-10-4-5-11-23(22)28(24)21-8-2-1-3-9-21;20-17(21)16-8-14(12-3-1-5-18-10-12)7-15(9-16)13-4-2-6-19-11-13/h1-27H;1-16H;1-11,20-21H. The summed E-state index contributed by atoms with van der Waals surface area (Å²) in [5.41, 5.74) is 23.1. The minimum absolute atomic E-state index is 0.440. The van der Waals surface area contributed by atoms with Crippen LogP contribution in [0.25, 0.3) is 134 Å². The summed E-state index contributed by atoms with van der Waals surface area (Å²) in [5, 5.41) is 19.0. The molecule has 0 spiro atoms. The highest BCUT2D eigenvalue weighted by Crippen LogP contribution is 2.39. The highest BCUT2D eigenvalue weighted by atomic mass is 79.9.